The number of hydrogen-bond acceptors (Lipinski definition) is 3. The zero-order valence-corrected chi connectivity index (χ0v) is 8.26. The molecule has 0 saturated carbocycles. The lowest BCUT2D eigenvalue weighted by atomic mass is 10.0. The summed E-state index contributed by atoms with van der Waals surface area (Å²) >= 11 is 0. The lowest BCUT2D eigenvalue weighted by Gasteiger charge is -2.18. The molecule has 14 heavy (non-hydrogen) atoms. The Morgan fingerprint density at radius 3 is 3.00 bits per heavy atom. The molecule has 0 aromatic carbocycles. The summed E-state index contributed by atoms with van der Waals surface area (Å²) in [6.45, 7) is 2.04. The second-order valence-electron chi connectivity index (χ2n) is 3.79. The number of nitrogens with zero attached hydrogens (tertiary/aromatic N) is 1. The van der Waals surface area contributed by atoms with Crippen LogP contribution in [0.3, 0.4) is 0 Å². The van der Waals surface area contributed by atoms with E-state index in [0.29, 0.717) is 0 Å². The van der Waals surface area contributed by atoms with Gasteiger partial charge in [-0.15, -0.1) is 0 Å². The lowest BCUT2D eigenvalue weighted by molar-refractivity contribution is -0.0298. The molecule has 3 nitrogen and oxygen atoms in total. The molecule has 0 bridgehead atoms. The maximum absolute atomic E-state index is 9.97. The largest absolute Gasteiger partial charge is 0.386 e. The van der Waals surface area contributed by atoms with Gasteiger partial charge in [-0.25, -0.2) is 0 Å². The summed E-state index contributed by atoms with van der Waals surface area (Å²) in [5, 5.41) is 9.97. The van der Waals surface area contributed by atoms with Crippen molar-refractivity contribution in [3.63, 3.8) is 0 Å². The van der Waals surface area contributed by atoms with Gasteiger partial charge in [-0.1, -0.05) is 6.07 Å². The fourth-order valence-corrected chi connectivity index (χ4v) is 1.83. The van der Waals surface area contributed by atoms with Gasteiger partial charge in [-0.05, 0) is 25.8 Å². The van der Waals surface area contributed by atoms with Gasteiger partial charge in [-0.2, -0.15) is 0 Å². The first kappa shape index (κ1) is 9.62. The van der Waals surface area contributed by atoms with Crippen LogP contribution in [-0.4, -0.2) is 22.3 Å². The van der Waals surface area contributed by atoms with E-state index >= 15 is 0 Å². The summed E-state index contributed by atoms with van der Waals surface area (Å²) in [4.78, 5) is 3.98. The molecule has 0 radical (unpaired) electrons. The van der Waals surface area contributed by atoms with Crippen LogP contribution >= 0.6 is 0 Å². The molecule has 1 aliphatic heterocycles. The van der Waals surface area contributed by atoms with Crippen LogP contribution in [-0.2, 0) is 4.74 Å². The van der Waals surface area contributed by atoms with Crippen LogP contribution in [0, 0.1) is 0 Å². The molecule has 76 valence electrons. The van der Waals surface area contributed by atoms with Gasteiger partial charge in [0.15, 0.2) is 0 Å². The van der Waals surface area contributed by atoms with Crippen molar-refractivity contribution in [2.75, 3.05) is 0 Å². The topological polar surface area (TPSA) is 42.4 Å². The Bertz CT molecular complexity index is 289. The Hall–Kier alpha value is -0.930. The highest BCUT2D eigenvalue weighted by Crippen LogP contribution is 2.29. The SMILES string of the molecule is CC1CCC(C(O)c2cccnc2)O1. The molecule has 1 fully saturated rings. The quantitative estimate of drug-likeness (QED) is 0.777. The smallest absolute Gasteiger partial charge is 0.107 e. The summed E-state index contributed by atoms with van der Waals surface area (Å²) in [5.41, 5.74) is 0.839. The summed E-state index contributed by atoms with van der Waals surface area (Å²) in [6.07, 6.45) is 5.03. The van der Waals surface area contributed by atoms with Gasteiger partial charge in [0, 0.05) is 18.0 Å². The van der Waals surface area contributed by atoms with Crippen molar-refractivity contribution in [3.05, 3.63) is 30.1 Å². The molecule has 3 unspecified atom stereocenters. The lowest BCUT2D eigenvalue weighted by Crippen LogP contribution is -2.18. The summed E-state index contributed by atoms with van der Waals surface area (Å²) in [7, 11) is 0. The van der Waals surface area contributed by atoms with Crippen molar-refractivity contribution in [1.29, 1.82) is 0 Å². The van der Waals surface area contributed by atoms with E-state index in [1.54, 1.807) is 12.4 Å². The zero-order chi connectivity index (χ0) is 9.97. The highest BCUT2D eigenvalue weighted by atomic mass is 16.5. The number of aliphatic hydroxyl groups excluding tert-OH is 1. The average molecular weight is 193 g/mol. The van der Waals surface area contributed by atoms with E-state index in [4.69, 9.17) is 4.74 Å². The maximum atomic E-state index is 9.97. The molecule has 1 aliphatic rings. The van der Waals surface area contributed by atoms with Crippen molar-refractivity contribution < 1.29 is 9.84 Å². The van der Waals surface area contributed by atoms with Crippen molar-refractivity contribution >= 4 is 0 Å². The number of aromatic nitrogens is 1. The van der Waals surface area contributed by atoms with E-state index in [1.807, 2.05) is 19.1 Å². The molecule has 1 N–H and O–H groups in total. The van der Waals surface area contributed by atoms with Crippen LogP contribution in [0.25, 0.3) is 0 Å². The van der Waals surface area contributed by atoms with Crippen LogP contribution < -0.4 is 0 Å². The second kappa shape index (κ2) is 4.07. The zero-order valence-electron chi connectivity index (χ0n) is 8.26. The molecule has 3 heteroatoms. The maximum Gasteiger partial charge on any atom is 0.107 e. The van der Waals surface area contributed by atoms with Crippen LogP contribution in [0.1, 0.15) is 31.4 Å². The molecule has 1 aromatic rings. The molecule has 0 spiro atoms. The molecule has 0 amide bonds. The Morgan fingerprint density at radius 2 is 2.43 bits per heavy atom. The summed E-state index contributed by atoms with van der Waals surface area (Å²) in [6, 6.07) is 3.71. The molecule has 1 saturated heterocycles. The Balaban J connectivity index is 2.05. The van der Waals surface area contributed by atoms with Crippen molar-refractivity contribution in [2.24, 2.45) is 0 Å². The minimum absolute atomic E-state index is 0.0609. The van der Waals surface area contributed by atoms with E-state index in [9.17, 15) is 5.11 Å². The first-order valence-electron chi connectivity index (χ1n) is 5.01. The highest BCUT2D eigenvalue weighted by Gasteiger charge is 2.29. The number of pyridine rings is 1. The fraction of sp³-hybridized carbons (Fsp3) is 0.545. The van der Waals surface area contributed by atoms with Gasteiger partial charge in [0.25, 0.3) is 0 Å². The molecule has 3 atom stereocenters. The fourth-order valence-electron chi connectivity index (χ4n) is 1.83. The molecule has 2 heterocycles. The highest BCUT2D eigenvalue weighted by molar-refractivity contribution is 5.13. The standard InChI is InChI=1S/C11H15NO2/c1-8-4-5-10(14-8)11(13)9-3-2-6-12-7-9/h2-3,6-8,10-11,13H,4-5H2,1H3. The summed E-state index contributed by atoms with van der Waals surface area (Å²) in [5.74, 6) is 0. The molecular formula is C11H15NO2. The molecular weight excluding hydrogens is 178 g/mol. The Kier molecular flexibility index (Phi) is 2.79. The monoisotopic (exact) mass is 193 g/mol. The van der Waals surface area contributed by atoms with Gasteiger partial charge in [-0.3, -0.25) is 4.98 Å². The van der Waals surface area contributed by atoms with Crippen molar-refractivity contribution in [1.82, 2.24) is 4.98 Å². The van der Waals surface area contributed by atoms with E-state index < -0.39 is 6.10 Å². The van der Waals surface area contributed by atoms with E-state index in [-0.39, 0.29) is 12.2 Å². The van der Waals surface area contributed by atoms with Crippen LogP contribution in [0.2, 0.25) is 0 Å². The normalized spacial score (nSPS) is 29.0. The third-order valence-corrected chi connectivity index (χ3v) is 2.64. The third kappa shape index (κ3) is 1.94. The predicted octanol–water partition coefficient (Wildman–Crippen LogP) is 1.68. The van der Waals surface area contributed by atoms with Gasteiger partial charge in [0.2, 0.25) is 0 Å². The second-order valence-corrected chi connectivity index (χ2v) is 3.79. The van der Waals surface area contributed by atoms with Gasteiger partial charge in [0.1, 0.15) is 6.10 Å². The van der Waals surface area contributed by atoms with E-state index in [1.165, 1.54) is 0 Å². The minimum Gasteiger partial charge on any atom is -0.386 e. The number of rotatable bonds is 2. The minimum atomic E-state index is -0.534. The first-order chi connectivity index (χ1) is 6.77. The number of hydrogen-bond donors (Lipinski definition) is 1. The summed E-state index contributed by atoms with van der Waals surface area (Å²) < 4.78 is 5.60. The van der Waals surface area contributed by atoms with Crippen LogP contribution in [0.4, 0.5) is 0 Å². The third-order valence-electron chi connectivity index (χ3n) is 2.64. The van der Waals surface area contributed by atoms with Crippen LogP contribution in [0.5, 0.6) is 0 Å². The van der Waals surface area contributed by atoms with Gasteiger partial charge < -0.3 is 9.84 Å². The number of ether oxygens (including phenoxy) is 1. The number of aliphatic hydroxyl groups is 1. The van der Waals surface area contributed by atoms with Crippen molar-refractivity contribution in [3.8, 4) is 0 Å². The van der Waals surface area contributed by atoms with Gasteiger partial charge >= 0.3 is 0 Å². The average Bonchev–Trinajstić information content (AvgIpc) is 2.65. The Morgan fingerprint density at radius 1 is 1.57 bits per heavy atom. The van der Waals surface area contributed by atoms with Crippen LogP contribution in [0.15, 0.2) is 24.5 Å². The first-order valence-corrected chi connectivity index (χ1v) is 5.01. The van der Waals surface area contributed by atoms with Crippen molar-refractivity contribution in [2.45, 2.75) is 38.1 Å². The predicted molar refractivity (Wildman–Crippen MR) is 52.8 cm³/mol. The van der Waals surface area contributed by atoms with E-state index in [0.717, 1.165) is 18.4 Å². The van der Waals surface area contributed by atoms with Gasteiger partial charge in [0.05, 0.1) is 12.2 Å². The van der Waals surface area contributed by atoms with E-state index in [2.05, 4.69) is 4.98 Å². The molecule has 0 aliphatic carbocycles. The Labute approximate surface area is 83.7 Å². The molecule has 2 rings (SSSR count). The molecule has 1 aromatic heterocycles.